The summed E-state index contributed by atoms with van der Waals surface area (Å²) in [7, 11) is 0. The van der Waals surface area contributed by atoms with Gasteiger partial charge in [-0.2, -0.15) is 5.10 Å². The molecule has 0 radical (unpaired) electrons. The average molecular weight is 272 g/mol. The second-order valence-electron chi connectivity index (χ2n) is 5.37. The maximum Gasteiger partial charge on any atom is 0.151 e. The Hall–Kier alpha value is -1.68. The van der Waals surface area contributed by atoms with Crippen LogP contribution in [0.3, 0.4) is 0 Å². The van der Waals surface area contributed by atoms with Crippen LogP contribution in [0.5, 0.6) is 0 Å². The van der Waals surface area contributed by atoms with Crippen LogP contribution < -0.4 is 5.73 Å². The third-order valence-corrected chi connectivity index (χ3v) is 3.41. The van der Waals surface area contributed by atoms with E-state index in [4.69, 9.17) is 5.73 Å². The summed E-state index contributed by atoms with van der Waals surface area (Å²) < 4.78 is 1.98. The van der Waals surface area contributed by atoms with Gasteiger partial charge in [0.25, 0.3) is 0 Å². The number of hydrogen-bond acceptors (Lipinski definition) is 3. The lowest BCUT2D eigenvalue weighted by Crippen LogP contribution is -2.18. The van der Waals surface area contributed by atoms with E-state index in [2.05, 4.69) is 49.1 Å². The minimum Gasteiger partial charge on any atom is -0.328 e. The Bertz CT molecular complexity index is 584. The maximum atomic E-state index is 5.90. The predicted molar refractivity (Wildman–Crippen MR) is 82.2 cm³/mol. The average Bonchev–Trinajstić information content (AvgIpc) is 2.83. The van der Waals surface area contributed by atoms with Crippen LogP contribution >= 0.6 is 0 Å². The Balaban J connectivity index is 2.47. The summed E-state index contributed by atoms with van der Waals surface area (Å²) in [6, 6.07) is 6.63. The van der Waals surface area contributed by atoms with Crippen LogP contribution in [-0.4, -0.2) is 20.8 Å². The minimum absolute atomic E-state index is 0.165. The molecule has 1 aromatic heterocycles. The van der Waals surface area contributed by atoms with Crippen LogP contribution in [0.1, 0.15) is 43.5 Å². The first kappa shape index (κ1) is 14.7. The van der Waals surface area contributed by atoms with E-state index in [1.54, 1.807) is 0 Å². The molecule has 2 N–H and O–H groups in total. The predicted octanol–water partition coefficient (Wildman–Crippen LogP) is 2.59. The zero-order valence-corrected chi connectivity index (χ0v) is 12.8. The summed E-state index contributed by atoms with van der Waals surface area (Å²) in [6.45, 7) is 8.33. The van der Waals surface area contributed by atoms with E-state index in [9.17, 15) is 0 Å². The van der Waals surface area contributed by atoms with Crippen LogP contribution in [0.2, 0.25) is 0 Å². The zero-order valence-electron chi connectivity index (χ0n) is 12.8. The number of nitrogens with zero attached hydrogens (tertiary/aromatic N) is 3. The Morgan fingerprint density at radius 3 is 2.60 bits per heavy atom. The van der Waals surface area contributed by atoms with Gasteiger partial charge in [-0.25, -0.2) is 9.67 Å². The van der Waals surface area contributed by atoms with E-state index < -0.39 is 0 Å². The van der Waals surface area contributed by atoms with Crippen molar-refractivity contribution in [2.24, 2.45) is 5.73 Å². The van der Waals surface area contributed by atoms with E-state index in [1.807, 2.05) is 11.6 Å². The van der Waals surface area contributed by atoms with E-state index in [1.165, 1.54) is 11.1 Å². The van der Waals surface area contributed by atoms with Crippen molar-refractivity contribution in [1.82, 2.24) is 14.8 Å². The molecule has 2 rings (SSSR count). The van der Waals surface area contributed by atoms with Crippen molar-refractivity contribution in [2.45, 2.75) is 53.0 Å². The number of aryl methyl sites for hydroxylation is 3. The molecule has 0 aliphatic rings. The Labute approximate surface area is 121 Å². The molecule has 0 saturated carbocycles. The highest BCUT2D eigenvalue weighted by atomic mass is 15.3. The molecule has 1 aromatic carbocycles. The second kappa shape index (κ2) is 6.18. The standard InChI is InChI=1S/C16H24N4/c1-5-15-18-16(6-2)20(19-15)14-10-13(9-12(4)17)8-7-11(14)3/h7-8,10,12H,5-6,9,17H2,1-4H3. The first-order chi connectivity index (χ1) is 9.55. The van der Waals surface area contributed by atoms with E-state index >= 15 is 0 Å². The fourth-order valence-electron chi connectivity index (χ4n) is 2.35. The molecule has 4 nitrogen and oxygen atoms in total. The summed E-state index contributed by atoms with van der Waals surface area (Å²) >= 11 is 0. The summed E-state index contributed by atoms with van der Waals surface area (Å²) in [5.41, 5.74) is 9.47. The molecular formula is C16H24N4. The van der Waals surface area contributed by atoms with Crippen molar-refractivity contribution in [3.63, 3.8) is 0 Å². The second-order valence-corrected chi connectivity index (χ2v) is 5.37. The van der Waals surface area contributed by atoms with Gasteiger partial charge in [0.1, 0.15) is 5.82 Å². The van der Waals surface area contributed by atoms with E-state index in [-0.39, 0.29) is 6.04 Å². The van der Waals surface area contributed by atoms with Crippen LogP contribution in [-0.2, 0) is 19.3 Å². The fraction of sp³-hybridized carbons (Fsp3) is 0.500. The van der Waals surface area contributed by atoms with Gasteiger partial charge in [-0.3, -0.25) is 0 Å². The van der Waals surface area contributed by atoms with Crippen molar-refractivity contribution < 1.29 is 0 Å². The van der Waals surface area contributed by atoms with Gasteiger partial charge in [0.05, 0.1) is 5.69 Å². The number of hydrogen-bond donors (Lipinski definition) is 1. The molecule has 1 unspecified atom stereocenters. The largest absolute Gasteiger partial charge is 0.328 e. The molecule has 20 heavy (non-hydrogen) atoms. The number of aromatic nitrogens is 3. The number of rotatable bonds is 5. The molecule has 4 heteroatoms. The first-order valence-electron chi connectivity index (χ1n) is 7.35. The quantitative estimate of drug-likeness (QED) is 0.910. The molecule has 1 atom stereocenters. The summed E-state index contributed by atoms with van der Waals surface area (Å²) in [4.78, 5) is 4.58. The molecule has 0 aliphatic carbocycles. The minimum atomic E-state index is 0.165. The highest BCUT2D eigenvalue weighted by Gasteiger charge is 2.12. The van der Waals surface area contributed by atoms with E-state index in [0.29, 0.717) is 0 Å². The van der Waals surface area contributed by atoms with Crippen LogP contribution in [0.4, 0.5) is 0 Å². The van der Waals surface area contributed by atoms with Crippen LogP contribution in [0.15, 0.2) is 18.2 Å². The lowest BCUT2D eigenvalue weighted by molar-refractivity contribution is 0.733. The van der Waals surface area contributed by atoms with Crippen molar-refractivity contribution in [3.05, 3.63) is 41.0 Å². The molecule has 0 saturated heterocycles. The molecular weight excluding hydrogens is 248 g/mol. The van der Waals surface area contributed by atoms with Crippen LogP contribution in [0, 0.1) is 6.92 Å². The monoisotopic (exact) mass is 272 g/mol. The zero-order chi connectivity index (χ0) is 14.7. The first-order valence-corrected chi connectivity index (χ1v) is 7.35. The Kier molecular flexibility index (Phi) is 4.55. The van der Waals surface area contributed by atoms with Crippen LogP contribution in [0.25, 0.3) is 5.69 Å². The lowest BCUT2D eigenvalue weighted by atomic mass is 10.0. The van der Waals surface area contributed by atoms with Crippen molar-refractivity contribution >= 4 is 0 Å². The molecule has 0 amide bonds. The Morgan fingerprint density at radius 2 is 2.00 bits per heavy atom. The molecule has 108 valence electrons. The van der Waals surface area contributed by atoms with Gasteiger partial charge in [-0.1, -0.05) is 26.0 Å². The molecule has 0 bridgehead atoms. The smallest absolute Gasteiger partial charge is 0.151 e. The molecule has 2 aromatic rings. The molecule has 0 spiro atoms. The Morgan fingerprint density at radius 1 is 1.25 bits per heavy atom. The maximum absolute atomic E-state index is 5.90. The lowest BCUT2D eigenvalue weighted by Gasteiger charge is -2.12. The van der Waals surface area contributed by atoms with Gasteiger partial charge < -0.3 is 5.73 Å². The summed E-state index contributed by atoms with van der Waals surface area (Å²) in [6.07, 6.45) is 2.62. The normalized spacial score (nSPS) is 12.7. The van der Waals surface area contributed by atoms with Gasteiger partial charge in [-0.05, 0) is 37.5 Å². The third kappa shape index (κ3) is 3.07. The van der Waals surface area contributed by atoms with Gasteiger partial charge in [0, 0.05) is 18.9 Å². The molecule has 1 heterocycles. The van der Waals surface area contributed by atoms with E-state index in [0.717, 1.165) is 36.6 Å². The van der Waals surface area contributed by atoms with Gasteiger partial charge in [0.15, 0.2) is 5.82 Å². The summed E-state index contributed by atoms with van der Waals surface area (Å²) in [5, 5.41) is 4.63. The van der Waals surface area contributed by atoms with Gasteiger partial charge in [0.2, 0.25) is 0 Å². The fourth-order valence-corrected chi connectivity index (χ4v) is 2.35. The molecule has 0 aliphatic heterocycles. The van der Waals surface area contributed by atoms with Crippen molar-refractivity contribution in [3.8, 4) is 5.69 Å². The highest BCUT2D eigenvalue weighted by molar-refractivity contribution is 5.43. The summed E-state index contributed by atoms with van der Waals surface area (Å²) in [5.74, 6) is 1.92. The SMILES string of the molecule is CCc1nc(CC)n(-c2cc(CC(C)N)ccc2C)n1. The highest BCUT2D eigenvalue weighted by Crippen LogP contribution is 2.18. The van der Waals surface area contributed by atoms with Gasteiger partial charge in [-0.15, -0.1) is 0 Å². The van der Waals surface area contributed by atoms with Crippen molar-refractivity contribution in [1.29, 1.82) is 0 Å². The molecule has 0 fully saturated rings. The van der Waals surface area contributed by atoms with Crippen molar-refractivity contribution in [2.75, 3.05) is 0 Å². The van der Waals surface area contributed by atoms with Gasteiger partial charge >= 0.3 is 0 Å². The third-order valence-electron chi connectivity index (χ3n) is 3.41. The topological polar surface area (TPSA) is 56.7 Å². The number of nitrogens with two attached hydrogens (primary N) is 1. The number of benzene rings is 1.